The number of benzene rings is 3. The van der Waals surface area contributed by atoms with Crippen LogP contribution in [0.15, 0.2) is 102 Å². The highest BCUT2D eigenvalue weighted by molar-refractivity contribution is 6.30. The zero-order valence-corrected chi connectivity index (χ0v) is 19.0. The summed E-state index contributed by atoms with van der Waals surface area (Å²) in [6, 6.07) is 21.0. The van der Waals surface area contributed by atoms with Crippen molar-refractivity contribution in [2.45, 2.75) is 19.2 Å². The molecule has 0 aliphatic rings. The fraction of sp³-hybridized carbons (Fsp3) is 0.148. The molecule has 0 fully saturated rings. The zero-order valence-electron chi connectivity index (χ0n) is 18.2. The molecular formula is C27H23ClF3NO2. The topological polar surface area (TPSA) is 41.8 Å². The predicted octanol–water partition coefficient (Wildman–Crippen LogP) is 7.33. The van der Waals surface area contributed by atoms with E-state index in [2.05, 4.69) is 11.6 Å². The largest absolute Gasteiger partial charge is 0.507 e. The van der Waals surface area contributed by atoms with Gasteiger partial charge in [0.05, 0.1) is 11.3 Å². The van der Waals surface area contributed by atoms with Crippen LogP contribution in [0.2, 0.25) is 5.02 Å². The van der Waals surface area contributed by atoms with Crippen LogP contribution >= 0.6 is 11.6 Å². The lowest BCUT2D eigenvalue weighted by atomic mass is 10.0. The van der Waals surface area contributed by atoms with Crippen molar-refractivity contribution >= 4 is 17.3 Å². The van der Waals surface area contributed by atoms with E-state index in [1.807, 2.05) is 42.5 Å². The molecule has 3 nitrogen and oxygen atoms in total. The van der Waals surface area contributed by atoms with E-state index in [1.54, 1.807) is 18.2 Å². The lowest BCUT2D eigenvalue weighted by Gasteiger charge is -2.12. The van der Waals surface area contributed by atoms with Crippen LogP contribution in [-0.2, 0) is 13.0 Å². The minimum atomic E-state index is -4.60. The number of phenolic OH excluding ortho intramolecular Hbond substituents is 1. The van der Waals surface area contributed by atoms with Crippen molar-refractivity contribution in [2.75, 3.05) is 6.54 Å². The van der Waals surface area contributed by atoms with Crippen LogP contribution in [-0.4, -0.2) is 23.5 Å². The van der Waals surface area contributed by atoms with Gasteiger partial charge in [0, 0.05) is 23.2 Å². The highest BCUT2D eigenvalue weighted by Crippen LogP contribution is 2.30. The highest BCUT2D eigenvalue weighted by Gasteiger charge is 2.32. The van der Waals surface area contributed by atoms with Gasteiger partial charge >= 0.3 is 6.18 Å². The Kier molecular flexibility index (Phi) is 8.55. The predicted molar refractivity (Wildman–Crippen MR) is 130 cm³/mol. The molecule has 0 bridgehead atoms. The van der Waals surface area contributed by atoms with Crippen LogP contribution in [0.5, 0.6) is 11.5 Å². The molecule has 0 amide bonds. The molecular weight excluding hydrogens is 463 g/mol. The molecule has 176 valence electrons. The number of alkyl halides is 3. The summed E-state index contributed by atoms with van der Waals surface area (Å²) >= 11 is 5.88. The molecule has 0 aromatic heterocycles. The number of allylic oxidation sites excluding steroid dienone is 3. The summed E-state index contributed by atoms with van der Waals surface area (Å²) in [5.41, 5.74) is 1.10. The quantitative estimate of drug-likeness (QED) is 0.254. The summed E-state index contributed by atoms with van der Waals surface area (Å²) in [4.78, 5) is 4.36. The lowest BCUT2D eigenvalue weighted by Crippen LogP contribution is -2.13. The van der Waals surface area contributed by atoms with E-state index in [4.69, 9.17) is 16.3 Å². The van der Waals surface area contributed by atoms with Crippen molar-refractivity contribution < 1.29 is 23.0 Å². The van der Waals surface area contributed by atoms with E-state index in [9.17, 15) is 18.3 Å². The first-order chi connectivity index (χ1) is 16.3. The van der Waals surface area contributed by atoms with E-state index in [0.29, 0.717) is 17.2 Å². The molecule has 3 aromatic carbocycles. The molecule has 0 radical (unpaired) electrons. The van der Waals surface area contributed by atoms with Gasteiger partial charge in [-0.05, 0) is 47.9 Å². The summed E-state index contributed by atoms with van der Waals surface area (Å²) < 4.78 is 45.7. The van der Waals surface area contributed by atoms with Gasteiger partial charge in [-0.3, -0.25) is 4.99 Å². The third-order valence-electron chi connectivity index (χ3n) is 4.93. The second-order valence-electron chi connectivity index (χ2n) is 7.40. The summed E-state index contributed by atoms with van der Waals surface area (Å²) in [6.07, 6.45) is -2.44. The Morgan fingerprint density at radius 2 is 1.71 bits per heavy atom. The molecule has 0 aliphatic heterocycles. The SMILES string of the molecule is C=C/C(=C\C(=NCCc1ccccc1)c1ccc(OCc2ccc(Cl)cc2)cc1O)C(F)(F)F. The number of phenols is 1. The summed E-state index contributed by atoms with van der Waals surface area (Å²) in [5.74, 6) is 0.123. The Balaban J connectivity index is 1.85. The molecule has 0 spiro atoms. The second kappa shape index (κ2) is 11.6. The Morgan fingerprint density at radius 1 is 1.00 bits per heavy atom. The van der Waals surface area contributed by atoms with E-state index >= 15 is 0 Å². The fourth-order valence-electron chi connectivity index (χ4n) is 3.13. The number of nitrogens with zero attached hydrogens (tertiary/aromatic N) is 1. The fourth-order valence-corrected chi connectivity index (χ4v) is 3.25. The van der Waals surface area contributed by atoms with Gasteiger partial charge < -0.3 is 9.84 Å². The van der Waals surface area contributed by atoms with Crippen molar-refractivity contribution in [1.29, 1.82) is 0 Å². The van der Waals surface area contributed by atoms with Crippen molar-refractivity contribution in [1.82, 2.24) is 0 Å². The average Bonchev–Trinajstić information content (AvgIpc) is 2.81. The van der Waals surface area contributed by atoms with Gasteiger partial charge in [0.15, 0.2) is 0 Å². The zero-order chi connectivity index (χ0) is 24.6. The lowest BCUT2D eigenvalue weighted by molar-refractivity contribution is -0.0880. The smallest absolute Gasteiger partial charge is 0.416 e. The molecule has 7 heteroatoms. The van der Waals surface area contributed by atoms with Crippen molar-refractivity contribution in [3.8, 4) is 11.5 Å². The minimum Gasteiger partial charge on any atom is -0.507 e. The maximum Gasteiger partial charge on any atom is 0.416 e. The number of halogens is 4. The van der Waals surface area contributed by atoms with Crippen LogP contribution in [0.4, 0.5) is 13.2 Å². The van der Waals surface area contributed by atoms with E-state index in [-0.39, 0.29) is 30.2 Å². The van der Waals surface area contributed by atoms with Gasteiger partial charge in [0.25, 0.3) is 0 Å². The second-order valence-corrected chi connectivity index (χ2v) is 7.83. The van der Waals surface area contributed by atoms with Crippen LogP contribution in [0.3, 0.4) is 0 Å². The van der Waals surface area contributed by atoms with Crippen LogP contribution in [0.1, 0.15) is 16.7 Å². The third kappa shape index (κ3) is 7.25. The molecule has 3 rings (SSSR count). The number of aromatic hydroxyl groups is 1. The summed E-state index contributed by atoms with van der Waals surface area (Å²) in [6.45, 7) is 3.74. The number of rotatable bonds is 9. The van der Waals surface area contributed by atoms with E-state index in [0.717, 1.165) is 23.3 Å². The molecule has 0 atom stereocenters. The minimum absolute atomic E-state index is 0.00454. The number of ether oxygens (including phenoxy) is 1. The van der Waals surface area contributed by atoms with Crippen molar-refractivity contribution in [3.05, 3.63) is 119 Å². The number of aliphatic imine (C=N–C) groups is 1. The maximum absolute atomic E-state index is 13.3. The number of hydrogen-bond donors (Lipinski definition) is 1. The van der Waals surface area contributed by atoms with Crippen LogP contribution in [0.25, 0.3) is 0 Å². The Labute approximate surface area is 201 Å². The first-order valence-corrected chi connectivity index (χ1v) is 10.8. The molecule has 3 aromatic rings. The average molecular weight is 486 g/mol. The van der Waals surface area contributed by atoms with Gasteiger partial charge in [-0.25, -0.2) is 0 Å². The number of hydrogen-bond acceptors (Lipinski definition) is 3. The third-order valence-corrected chi connectivity index (χ3v) is 5.18. The first-order valence-electron chi connectivity index (χ1n) is 10.5. The maximum atomic E-state index is 13.3. The van der Waals surface area contributed by atoms with Crippen LogP contribution in [0, 0.1) is 0 Å². The normalized spacial score (nSPS) is 12.5. The van der Waals surface area contributed by atoms with E-state index < -0.39 is 11.7 Å². The highest BCUT2D eigenvalue weighted by atomic mass is 35.5. The monoisotopic (exact) mass is 485 g/mol. The standard InChI is InChI=1S/C27H23ClF3NO2/c1-2-21(27(29,30)31)16-25(32-15-14-19-6-4-3-5-7-19)24-13-12-23(17-26(24)33)34-18-20-8-10-22(28)11-9-20/h2-13,16-17,33H,1,14-15,18H2/b21-16+,32-25?. The van der Waals surface area contributed by atoms with Gasteiger partial charge in [0.1, 0.15) is 18.1 Å². The van der Waals surface area contributed by atoms with Crippen molar-refractivity contribution in [2.24, 2.45) is 4.99 Å². The van der Waals surface area contributed by atoms with Gasteiger partial charge in [-0.1, -0.05) is 66.7 Å². The van der Waals surface area contributed by atoms with Gasteiger partial charge in [-0.15, -0.1) is 0 Å². The summed E-state index contributed by atoms with van der Waals surface area (Å²) in [7, 11) is 0. The molecule has 0 saturated heterocycles. The molecule has 0 saturated carbocycles. The molecule has 0 aliphatic carbocycles. The first kappa shape index (κ1) is 25.1. The van der Waals surface area contributed by atoms with E-state index in [1.165, 1.54) is 12.1 Å². The molecule has 34 heavy (non-hydrogen) atoms. The van der Waals surface area contributed by atoms with Crippen LogP contribution < -0.4 is 4.74 Å². The Hall–Kier alpha value is -3.51. The summed E-state index contributed by atoms with van der Waals surface area (Å²) in [5, 5.41) is 11.2. The Bertz CT molecular complexity index is 1170. The molecule has 1 N–H and O–H groups in total. The van der Waals surface area contributed by atoms with Crippen molar-refractivity contribution in [3.63, 3.8) is 0 Å². The Morgan fingerprint density at radius 3 is 2.32 bits per heavy atom. The van der Waals surface area contributed by atoms with Gasteiger partial charge in [-0.2, -0.15) is 13.2 Å². The molecule has 0 unspecified atom stereocenters. The van der Waals surface area contributed by atoms with Gasteiger partial charge in [0.2, 0.25) is 0 Å². The molecule has 0 heterocycles.